The van der Waals surface area contributed by atoms with Crippen LogP contribution in [0.1, 0.15) is 72.5 Å². The van der Waals surface area contributed by atoms with E-state index in [1.54, 1.807) is 127 Å². The lowest BCUT2D eigenvalue weighted by molar-refractivity contribution is -0.316. The third kappa shape index (κ3) is 13.4. The Kier molecular flexibility index (Phi) is 17.5. The third-order valence-electron chi connectivity index (χ3n) is 12.2. The van der Waals surface area contributed by atoms with Gasteiger partial charge in [-0.15, -0.1) is 0 Å². The molecule has 0 aromatic heterocycles. The van der Waals surface area contributed by atoms with Crippen molar-refractivity contribution in [3.8, 4) is 0 Å². The Morgan fingerprint density at radius 2 is 0.641 bits per heavy atom. The van der Waals surface area contributed by atoms with Gasteiger partial charge in [0.25, 0.3) is 0 Å². The molecule has 0 N–H and O–H groups in total. The molecule has 0 radical (unpaired) electrons. The van der Waals surface area contributed by atoms with Gasteiger partial charge in [-0.05, 0) is 84.9 Å². The van der Waals surface area contributed by atoms with Crippen LogP contribution in [0, 0.1) is 0 Å². The van der Waals surface area contributed by atoms with Crippen LogP contribution in [0.5, 0.6) is 0 Å². The van der Waals surface area contributed by atoms with Crippen molar-refractivity contribution in [1.82, 2.24) is 0 Å². The largest absolute Gasteiger partial charge is 0.487 e. The zero-order chi connectivity index (χ0) is 54.2. The maximum atomic E-state index is 14.4. The van der Waals surface area contributed by atoms with Crippen LogP contribution in [0.25, 0.3) is 0 Å². The van der Waals surface area contributed by atoms with Crippen LogP contribution in [0.3, 0.4) is 0 Å². The molecule has 0 spiro atoms. The lowest BCUT2D eigenvalue weighted by Gasteiger charge is -2.46. The van der Waals surface area contributed by atoms with Crippen molar-refractivity contribution in [2.45, 2.75) is 49.0 Å². The number of hydrogen-bond donors (Lipinski definition) is 0. The number of hydrogen-bond acceptors (Lipinski definition) is 17. The van der Waals surface area contributed by atoms with Crippen molar-refractivity contribution < 1.29 is 80.9 Å². The molecule has 2 aliphatic heterocycles. The first-order valence-electron chi connectivity index (χ1n) is 24.5. The summed E-state index contributed by atoms with van der Waals surface area (Å²) in [7, 11) is 0. The highest BCUT2D eigenvalue weighted by atomic mass is 16.8. The van der Waals surface area contributed by atoms with Gasteiger partial charge in [-0.25, -0.2) is 33.6 Å². The predicted octanol–water partition coefficient (Wildman–Crippen LogP) is 8.81. The van der Waals surface area contributed by atoms with E-state index < -0.39 is 110 Å². The zero-order valence-electron chi connectivity index (χ0n) is 41.3. The molecule has 0 bridgehead atoms. The first-order chi connectivity index (χ1) is 38.1. The Morgan fingerprint density at radius 1 is 0.333 bits per heavy atom. The molecular weight excluding hydrogens is 1000 g/mol. The van der Waals surface area contributed by atoms with Crippen LogP contribution in [-0.2, 0) is 47.4 Å². The smallest absolute Gasteiger partial charge is 0.343 e. The van der Waals surface area contributed by atoms with Crippen molar-refractivity contribution in [3.05, 3.63) is 263 Å². The molecular formula is C61H48O17. The second-order valence-electron chi connectivity index (χ2n) is 17.4. The van der Waals surface area contributed by atoms with Gasteiger partial charge in [0.2, 0.25) is 0 Å². The van der Waals surface area contributed by atoms with Crippen molar-refractivity contribution in [3.63, 3.8) is 0 Å². The minimum Gasteiger partial charge on any atom is -0.487 e. The predicted molar refractivity (Wildman–Crippen MR) is 274 cm³/mol. The van der Waals surface area contributed by atoms with Crippen LogP contribution >= 0.6 is 0 Å². The number of carbonyl (C=O) groups excluding carboxylic acids is 7. The van der Waals surface area contributed by atoms with E-state index in [0.717, 1.165) is 6.26 Å². The fraction of sp³-hybridized carbons (Fsp3) is 0.164. The molecule has 2 heterocycles. The van der Waals surface area contributed by atoms with Crippen LogP contribution in [0.15, 0.2) is 224 Å². The maximum absolute atomic E-state index is 14.4. The van der Waals surface area contributed by atoms with E-state index in [2.05, 4.69) is 0 Å². The zero-order valence-corrected chi connectivity index (χ0v) is 41.3. The second-order valence-corrected chi connectivity index (χ2v) is 17.4. The molecule has 0 aliphatic carbocycles. The number of ether oxygens (including phenoxy) is 10. The molecule has 0 saturated carbocycles. The average molecular weight is 1050 g/mol. The molecule has 9 rings (SSSR count). The molecule has 7 aromatic rings. The van der Waals surface area contributed by atoms with Gasteiger partial charge in [0.15, 0.2) is 48.7 Å². The summed E-state index contributed by atoms with van der Waals surface area (Å²) in [6, 6.07) is 54.9. The van der Waals surface area contributed by atoms with E-state index in [1.165, 1.54) is 84.9 Å². The topological polar surface area (TPSA) is 212 Å². The van der Waals surface area contributed by atoms with Crippen molar-refractivity contribution in [2.24, 2.45) is 0 Å². The molecule has 1 saturated heterocycles. The summed E-state index contributed by atoms with van der Waals surface area (Å²) >= 11 is 0. The minimum atomic E-state index is -2.02. The van der Waals surface area contributed by atoms with E-state index in [0.29, 0.717) is 0 Å². The molecule has 3 unspecified atom stereocenters. The molecule has 17 nitrogen and oxygen atoms in total. The van der Waals surface area contributed by atoms with Gasteiger partial charge in [-0.1, -0.05) is 127 Å². The monoisotopic (exact) mass is 1050 g/mol. The molecule has 394 valence electrons. The number of carbonyl (C=O) groups is 7. The first-order valence-corrected chi connectivity index (χ1v) is 24.5. The summed E-state index contributed by atoms with van der Waals surface area (Å²) in [6.07, 6.45) is -13.2. The molecule has 17 heteroatoms. The van der Waals surface area contributed by atoms with Crippen LogP contribution in [0.2, 0.25) is 0 Å². The Bertz CT molecular complexity index is 3200. The molecule has 0 amide bonds. The number of esters is 7. The summed E-state index contributed by atoms with van der Waals surface area (Å²) in [6.45, 7) is -1.31. The van der Waals surface area contributed by atoms with Crippen LogP contribution in [-0.4, -0.2) is 104 Å². The highest BCUT2D eigenvalue weighted by molar-refractivity contribution is 5.93. The van der Waals surface area contributed by atoms with Crippen molar-refractivity contribution >= 4 is 41.8 Å². The van der Waals surface area contributed by atoms with E-state index in [-0.39, 0.29) is 38.9 Å². The van der Waals surface area contributed by atoms with Gasteiger partial charge < -0.3 is 47.4 Å². The summed E-state index contributed by atoms with van der Waals surface area (Å²) in [5.74, 6) is -6.82. The fourth-order valence-corrected chi connectivity index (χ4v) is 8.26. The van der Waals surface area contributed by atoms with Gasteiger partial charge in [-0.2, -0.15) is 0 Å². The Hall–Kier alpha value is -9.71. The number of rotatable bonds is 18. The van der Waals surface area contributed by atoms with Gasteiger partial charge in [0, 0.05) is 0 Å². The van der Waals surface area contributed by atoms with Gasteiger partial charge >= 0.3 is 41.8 Å². The lowest BCUT2D eigenvalue weighted by atomic mass is 9.97. The van der Waals surface area contributed by atoms with Gasteiger partial charge in [0.05, 0.1) is 38.9 Å². The van der Waals surface area contributed by atoms with Crippen LogP contribution < -0.4 is 0 Å². The number of benzene rings is 7. The summed E-state index contributed by atoms with van der Waals surface area (Å²) < 4.78 is 62.1. The summed E-state index contributed by atoms with van der Waals surface area (Å²) in [5, 5.41) is 0. The van der Waals surface area contributed by atoms with E-state index in [1.807, 2.05) is 0 Å². The third-order valence-corrected chi connectivity index (χ3v) is 12.2. The fourth-order valence-electron chi connectivity index (χ4n) is 8.26. The highest BCUT2D eigenvalue weighted by Crippen LogP contribution is 2.36. The Balaban J connectivity index is 1.18. The second kappa shape index (κ2) is 25.7. The van der Waals surface area contributed by atoms with E-state index in [9.17, 15) is 33.6 Å². The maximum Gasteiger partial charge on any atom is 0.343 e. The normalized spacial score (nSPS) is 20.4. The van der Waals surface area contributed by atoms with Gasteiger partial charge in [0.1, 0.15) is 25.6 Å². The van der Waals surface area contributed by atoms with Gasteiger partial charge in [-0.3, -0.25) is 0 Å². The Labute approximate surface area is 446 Å². The standard InChI is InChI=1S/C61H48O17/c62-54(39-22-8-1-9-23-39)70-36-46-49(74-57(65)42-28-14-4-15-29-42)50(47(37-69-46)72-56(64)41-26-12-3-13-27-41)78-61-53(77-60(68)45-34-20-7-21-35-45)52(76-59(67)44-32-18-6-19-33-44)51(75-58(66)43-30-16-5-17-31-43)48(73-61)38-71-55(63)40-24-10-2-11-25-40/h1-35,37,46,48-53,61H,36,38H2/t46?,48?,49-,50+,51-,52-,53?,61-/m0/s1. The quantitative estimate of drug-likeness (QED) is 0.0580. The van der Waals surface area contributed by atoms with Crippen LogP contribution in [0.4, 0.5) is 0 Å². The SMILES string of the molecule is O=C(OCC1OC=C(OC(=O)c2ccccc2)[C@@H](O[C@@H]2OC(COC(=O)c3ccccc3)[C@H](OC(=O)c3ccccc3)[C@H](OC(=O)c3ccccc3)C2OC(=O)c2ccccc2)[C@H]1OC(=O)c1ccccc1)c1ccccc1. The molecule has 78 heavy (non-hydrogen) atoms. The van der Waals surface area contributed by atoms with Crippen molar-refractivity contribution in [2.75, 3.05) is 13.2 Å². The van der Waals surface area contributed by atoms with Crippen molar-refractivity contribution in [1.29, 1.82) is 0 Å². The van der Waals surface area contributed by atoms with E-state index >= 15 is 0 Å². The minimum absolute atomic E-state index is 0.0135. The Morgan fingerprint density at radius 3 is 1.03 bits per heavy atom. The average Bonchev–Trinajstić information content (AvgIpc) is 3.50. The molecule has 7 aromatic carbocycles. The highest BCUT2D eigenvalue weighted by Gasteiger charge is 2.56. The lowest BCUT2D eigenvalue weighted by Crippen LogP contribution is -2.64. The first kappa shape index (κ1) is 53.1. The summed E-state index contributed by atoms with van der Waals surface area (Å²) in [5.41, 5.74) is 0.559. The summed E-state index contributed by atoms with van der Waals surface area (Å²) in [4.78, 5) is 98.4. The van der Waals surface area contributed by atoms with E-state index in [4.69, 9.17) is 47.4 Å². The molecule has 2 aliphatic rings. The molecule has 8 atom stereocenters. The molecule has 1 fully saturated rings.